The molecule has 1 aliphatic rings. The molecule has 2 heterocycles. The molecular weight excluding hydrogens is 285 g/mol. The lowest BCUT2D eigenvalue weighted by Crippen LogP contribution is -2.01. The van der Waals surface area contributed by atoms with Crippen molar-refractivity contribution in [3.05, 3.63) is 23.1 Å². The number of aromatic nitrogens is 2. The second-order valence-electron chi connectivity index (χ2n) is 4.49. The summed E-state index contributed by atoms with van der Waals surface area (Å²) in [4.78, 5) is 0. The van der Waals surface area contributed by atoms with E-state index in [9.17, 15) is 4.39 Å². The highest BCUT2D eigenvalue weighted by Crippen LogP contribution is 2.45. The predicted molar refractivity (Wildman–Crippen MR) is 73.6 cm³/mol. The Bertz CT molecular complexity index is 672. The number of hydrogen-bond acceptors (Lipinski definition) is 4. The molecule has 0 atom stereocenters. The minimum Gasteiger partial charge on any atom is -0.489 e. The molecule has 0 saturated heterocycles. The summed E-state index contributed by atoms with van der Waals surface area (Å²) in [5, 5.41) is 3.99. The summed E-state index contributed by atoms with van der Waals surface area (Å²) in [6, 6.07) is 1.42. The first kappa shape index (κ1) is 13.1. The van der Waals surface area contributed by atoms with Gasteiger partial charge in [0.25, 0.3) is 0 Å². The fourth-order valence-corrected chi connectivity index (χ4v) is 2.33. The summed E-state index contributed by atoms with van der Waals surface area (Å²) < 4.78 is 27.1. The van der Waals surface area contributed by atoms with Gasteiger partial charge in [-0.25, -0.2) is 4.39 Å². The maximum Gasteiger partial charge on any atom is 0.172 e. The summed E-state index contributed by atoms with van der Waals surface area (Å²) >= 11 is 5.93. The molecule has 20 heavy (non-hydrogen) atoms. The molecular formula is C13H13ClFN3O2. The van der Waals surface area contributed by atoms with E-state index in [-0.39, 0.29) is 10.6 Å². The van der Waals surface area contributed by atoms with Gasteiger partial charge in [-0.3, -0.25) is 4.68 Å². The third-order valence-corrected chi connectivity index (χ3v) is 3.46. The zero-order chi connectivity index (χ0) is 14.3. The highest BCUT2D eigenvalue weighted by atomic mass is 35.5. The lowest BCUT2D eigenvalue weighted by Gasteiger charge is -2.14. The van der Waals surface area contributed by atoms with Crippen LogP contribution in [0.4, 0.5) is 10.2 Å². The molecule has 0 fully saturated rings. The van der Waals surface area contributed by atoms with Gasteiger partial charge in [-0.1, -0.05) is 11.6 Å². The number of nitrogens with two attached hydrogens (primary N) is 1. The number of aryl methyl sites for hydroxylation is 1. The number of hydrogen-bond donors (Lipinski definition) is 1. The molecule has 0 spiro atoms. The van der Waals surface area contributed by atoms with E-state index in [0.29, 0.717) is 36.1 Å². The largest absolute Gasteiger partial charge is 0.489 e. The zero-order valence-electron chi connectivity index (χ0n) is 10.8. The van der Waals surface area contributed by atoms with Crippen LogP contribution in [0.2, 0.25) is 5.02 Å². The second kappa shape index (κ2) is 4.86. The van der Waals surface area contributed by atoms with Crippen molar-refractivity contribution >= 4 is 17.4 Å². The molecule has 106 valence electrons. The first-order valence-corrected chi connectivity index (χ1v) is 6.53. The summed E-state index contributed by atoms with van der Waals surface area (Å²) in [7, 11) is 1.68. The third kappa shape index (κ3) is 1.96. The van der Waals surface area contributed by atoms with Crippen LogP contribution in [-0.4, -0.2) is 23.0 Å². The van der Waals surface area contributed by atoms with E-state index in [1.807, 2.05) is 0 Å². The van der Waals surface area contributed by atoms with Gasteiger partial charge in [0, 0.05) is 19.5 Å². The van der Waals surface area contributed by atoms with Gasteiger partial charge in [-0.05, 0) is 0 Å². The number of halogens is 2. The normalized spacial score (nSPS) is 14.2. The highest BCUT2D eigenvalue weighted by molar-refractivity contribution is 6.31. The number of nitrogen functional groups attached to an aromatic ring is 1. The average Bonchev–Trinajstić information content (AvgIpc) is 2.65. The minimum atomic E-state index is -0.587. The fourth-order valence-electron chi connectivity index (χ4n) is 2.13. The Morgan fingerprint density at radius 3 is 2.85 bits per heavy atom. The van der Waals surface area contributed by atoms with Gasteiger partial charge in [0.1, 0.15) is 5.82 Å². The Morgan fingerprint density at radius 1 is 1.40 bits per heavy atom. The number of fused-ring (bicyclic) bond motifs is 1. The first-order chi connectivity index (χ1) is 9.59. The zero-order valence-corrected chi connectivity index (χ0v) is 11.6. The Morgan fingerprint density at radius 2 is 2.15 bits per heavy atom. The van der Waals surface area contributed by atoms with Crippen molar-refractivity contribution in [1.82, 2.24) is 9.78 Å². The Balaban J connectivity index is 2.28. The average molecular weight is 298 g/mol. The van der Waals surface area contributed by atoms with Gasteiger partial charge in [0.05, 0.1) is 35.6 Å². The lowest BCUT2D eigenvalue weighted by atomic mass is 10.1. The smallest absolute Gasteiger partial charge is 0.172 e. The van der Waals surface area contributed by atoms with E-state index >= 15 is 0 Å². The SMILES string of the molecule is Cn1ncc(-c2c(F)c(Cl)cc3c2OCCCO3)c1N. The van der Waals surface area contributed by atoms with Gasteiger partial charge in [0.2, 0.25) is 0 Å². The Labute approximate surface area is 120 Å². The molecule has 0 radical (unpaired) electrons. The van der Waals surface area contributed by atoms with Crippen molar-refractivity contribution in [3.63, 3.8) is 0 Å². The van der Waals surface area contributed by atoms with Gasteiger partial charge in [0.15, 0.2) is 17.3 Å². The van der Waals surface area contributed by atoms with E-state index in [0.717, 1.165) is 6.42 Å². The van der Waals surface area contributed by atoms with E-state index in [4.69, 9.17) is 26.8 Å². The molecule has 0 unspecified atom stereocenters. The van der Waals surface area contributed by atoms with E-state index in [1.54, 1.807) is 7.05 Å². The molecule has 1 aromatic heterocycles. The maximum absolute atomic E-state index is 14.4. The van der Waals surface area contributed by atoms with E-state index in [1.165, 1.54) is 16.9 Å². The van der Waals surface area contributed by atoms with E-state index < -0.39 is 5.82 Å². The van der Waals surface area contributed by atoms with Gasteiger partial charge in [-0.2, -0.15) is 5.10 Å². The van der Waals surface area contributed by atoms with E-state index in [2.05, 4.69) is 5.10 Å². The van der Waals surface area contributed by atoms with Gasteiger partial charge < -0.3 is 15.2 Å². The topological polar surface area (TPSA) is 62.3 Å². The van der Waals surface area contributed by atoms with Crippen LogP contribution < -0.4 is 15.2 Å². The van der Waals surface area contributed by atoms with Gasteiger partial charge >= 0.3 is 0 Å². The monoisotopic (exact) mass is 297 g/mol. The Kier molecular flexibility index (Phi) is 3.17. The molecule has 7 heteroatoms. The molecule has 0 saturated carbocycles. The highest BCUT2D eigenvalue weighted by Gasteiger charge is 2.25. The van der Waals surface area contributed by atoms with Crippen LogP contribution in [0.25, 0.3) is 11.1 Å². The van der Waals surface area contributed by atoms with Crippen molar-refractivity contribution in [3.8, 4) is 22.6 Å². The molecule has 1 aliphatic heterocycles. The molecule has 2 aromatic rings. The maximum atomic E-state index is 14.4. The Hall–Kier alpha value is -1.95. The quantitative estimate of drug-likeness (QED) is 0.879. The van der Waals surface area contributed by atoms with Gasteiger partial charge in [-0.15, -0.1) is 0 Å². The van der Waals surface area contributed by atoms with Crippen LogP contribution in [0.3, 0.4) is 0 Å². The van der Waals surface area contributed by atoms with Crippen LogP contribution in [-0.2, 0) is 7.05 Å². The molecule has 3 rings (SSSR count). The number of rotatable bonds is 1. The van der Waals surface area contributed by atoms with Crippen molar-refractivity contribution in [2.75, 3.05) is 18.9 Å². The molecule has 2 N–H and O–H groups in total. The summed E-state index contributed by atoms with van der Waals surface area (Å²) in [5.74, 6) is 0.494. The van der Waals surface area contributed by atoms with Crippen molar-refractivity contribution in [2.24, 2.45) is 7.05 Å². The molecule has 5 nitrogen and oxygen atoms in total. The first-order valence-electron chi connectivity index (χ1n) is 6.15. The number of ether oxygens (including phenoxy) is 2. The van der Waals surface area contributed by atoms with Crippen molar-refractivity contribution in [2.45, 2.75) is 6.42 Å². The van der Waals surface area contributed by atoms with Crippen LogP contribution in [0, 0.1) is 5.82 Å². The van der Waals surface area contributed by atoms with Crippen LogP contribution >= 0.6 is 11.6 Å². The minimum absolute atomic E-state index is 0.0347. The summed E-state index contributed by atoms with van der Waals surface area (Å²) in [6.45, 7) is 0.943. The second-order valence-corrected chi connectivity index (χ2v) is 4.90. The molecule has 0 amide bonds. The molecule has 0 aliphatic carbocycles. The predicted octanol–water partition coefficient (Wildman–Crippen LogP) is 2.62. The third-order valence-electron chi connectivity index (χ3n) is 3.18. The standard InChI is InChI=1S/C13H13ClFN3O2/c1-18-13(16)7(6-17-18)10-11(15)8(14)5-9-12(10)20-4-2-3-19-9/h5-6H,2-4,16H2,1H3. The number of anilines is 1. The van der Waals surface area contributed by atoms with Crippen molar-refractivity contribution in [1.29, 1.82) is 0 Å². The molecule has 1 aromatic carbocycles. The van der Waals surface area contributed by atoms with Crippen molar-refractivity contribution < 1.29 is 13.9 Å². The fraction of sp³-hybridized carbons (Fsp3) is 0.308. The lowest BCUT2D eigenvalue weighted by molar-refractivity contribution is 0.297. The number of nitrogens with zero attached hydrogens (tertiary/aromatic N) is 2. The summed E-state index contributed by atoms with van der Waals surface area (Å²) in [5.41, 5.74) is 6.55. The van der Waals surface area contributed by atoms with Crippen LogP contribution in [0.1, 0.15) is 6.42 Å². The van der Waals surface area contributed by atoms with Crippen LogP contribution in [0.5, 0.6) is 11.5 Å². The summed E-state index contributed by atoms with van der Waals surface area (Å²) in [6.07, 6.45) is 2.20. The van der Waals surface area contributed by atoms with Crippen LogP contribution in [0.15, 0.2) is 12.3 Å². The molecule has 0 bridgehead atoms. The number of benzene rings is 1.